The lowest BCUT2D eigenvalue weighted by Crippen LogP contribution is -2.38. The number of benzene rings is 1. The van der Waals surface area contributed by atoms with Gasteiger partial charge in [-0.3, -0.25) is 4.99 Å². The van der Waals surface area contributed by atoms with Crippen LogP contribution in [0.1, 0.15) is 31.7 Å². The van der Waals surface area contributed by atoms with Gasteiger partial charge in [-0.25, -0.2) is 8.42 Å². The predicted molar refractivity (Wildman–Crippen MR) is 92.1 cm³/mol. The Kier molecular flexibility index (Phi) is 7.95. The van der Waals surface area contributed by atoms with Gasteiger partial charge in [-0.2, -0.15) is 0 Å². The highest BCUT2D eigenvalue weighted by Gasteiger charge is 2.06. The van der Waals surface area contributed by atoms with Crippen LogP contribution in [0.5, 0.6) is 0 Å². The summed E-state index contributed by atoms with van der Waals surface area (Å²) in [6.45, 7) is 3.87. The molecule has 0 bridgehead atoms. The van der Waals surface area contributed by atoms with Crippen LogP contribution in [-0.4, -0.2) is 40.8 Å². The fourth-order valence-corrected chi connectivity index (χ4v) is 2.66. The summed E-state index contributed by atoms with van der Waals surface area (Å²) in [6, 6.07) is 7.02. The Morgan fingerprint density at radius 2 is 1.73 bits per heavy atom. The molecule has 1 rings (SSSR count). The second-order valence-electron chi connectivity index (χ2n) is 5.30. The molecule has 0 radical (unpaired) electrons. The Morgan fingerprint density at radius 3 is 2.27 bits per heavy atom. The van der Waals surface area contributed by atoms with E-state index in [-0.39, 0.29) is 0 Å². The third-order valence-electron chi connectivity index (χ3n) is 3.35. The van der Waals surface area contributed by atoms with Gasteiger partial charge in [0.2, 0.25) is 0 Å². The second kappa shape index (κ2) is 9.46. The van der Waals surface area contributed by atoms with E-state index in [0.717, 1.165) is 37.5 Å². The van der Waals surface area contributed by atoms with Gasteiger partial charge in [0.05, 0.1) is 4.90 Å². The van der Waals surface area contributed by atoms with E-state index in [1.807, 2.05) is 12.1 Å². The smallest absolute Gasteiger partial charge is 0.190 e. The quantitative estimate of drug-likeness (QED) is 0.436. The van der Waals surface area contributed by atoms with Crippen molar-refractivity contribution in [3.05, 3.63) is 29.8 Å². The van der Waals surface area contributed by atoms with E-state index in [4.69, 9.17) is 0 Å². The standard InChI is InChI=1S/C16H27N3O2S/c1-4-5-6-12-18-16(17-2)19-13-11-14-7-9-15(10-8-14)22(3,20)21/h7-10H,4-6,11-13H2,1-3H3,(H2,17,18,19). The largest absolute Gasteiger partial charge is 0.356 e. The van der Waals surface area contributed by atoms with Crippen molar-refractivity contribution in [2.24, 2.45) is 4.99 Å². The van der Waals surface area contributed by atoms with Crippen LogP contribution in [0.4, 0.5) is 0 Å². The highest BCUT2D eigenvalue weighted by Crippen LogP contribution is 2.10. The minimum absolute atomic E-state index is 0.359. The predicted octanol–water partition coefficient (Wildman–Crippen LogP) is 1.99. The summed E-state index contributed by atoms with van der Waals surface area (Å²) >= 11 is 0. The van der Waals surface area contributed by atoms with Crippen molar-refractivity contribution < 1.29 is 8.42 Å². The van der Waals surface area contributed by atoms with Crippen molar-refractivity contribution in [3.63, 3.8) is 0 Å². The van der Waals surface area contributed by atoms with Gasteiger partial charge in [-0.15, -0.1) is 0 Å². The molecule has 2 N–H and O–H groups in total. The van der Waals surface area contributed by atoms with Crippen LogP contribution in [0.15, 0.2) is 34.2 Å². The minimum atomic E-state index is -3.12. The molecule has 1 aromatic rings. The second-order valence-corrected chi connectivity index (χ2v) is 7.31. The van der Waals surface area contributed by atoms with Crippen molar-refractivity contribution in [2.45, 2.75) is 37.5 Å². The summed E-state index contributed by atoms with van der Waals surface area (Å²) in [7, 11) is -1.36. The molecule has 22 heavy (non-hydrogen) atoms. The third-order valence-corrected chi connectivity index (χ3v) is 4.48. The van der Waals surface area contributed by atoms with Gasteiger partial charge in [-0.05, 0) is 30.5 Å². The summed E-state index contributed by atoms with van der Waals surface area (Å²) in [6.07, 6.45) is 5.61. The van der Waals surface area contributed by atoms with Crippen molar-refractivity contribution in [1.82, 2.24) is 10.6 Å². The van der Waals surface area contributed by atoms with E-state index in [0.29, 0.717) is 4.90 Å². The fourth-order valence-electron chi connectivity index (χ4n) is 2.03. The number of nitrogens with zero attached hydrogens (tertiary/aromatic N) is 1. The number of hydrogen-bond donors (Lipinski definition) is 2. The third kappa shape index (κ3) is 6.93. The summed E-state index contributed by atoms with van der Waals surface area (Å²) in [5.41, 5.74) is 1.10. The molecular formula is C16H27N3O2S. The lowest BCUT2D eigenvalue weighted by molar-refractivity contribution is 0.602. The molecule has 0 saturated heterocycles. The van der Waals surface area contributed by atoms with Crippen LogP contribution < -0.4 is 10.6 Å². The first kappa shape index (κ1) is 18.5. The van der Waals surface area contributed by atoms with E-state index in [1.165, 1.54) is 19.1 Å². The summed E-state index contributed by atoms with van der Waals surface area (Å²) in [5.74, 6) is 0.809. The Bertz CT molecular complexity index is 566. The zero-order valence-corrected chi connectivity index (χ0v) is 14.5. The summed E-state index contributed by atoms with van der Waals surface area (Å²) in [4.78, 5) is 4.54. The number of rotatable bonds is 8. The highest BCUT2D eigenvalue weighted by atomic mass is 32.2. The Hall–Kier alpha value is -1.56. The Morgan fingerprint density at radius 1 is 1.09 bits per heavy atom. The molecule has 0 fully saturated rings. The molecule has 0 spiro atoms. The first-order valence-corrected chi connectivity index (χ1v) is 9.60. The van der Waals surface area contributed by atoms with E-state index < -0.39 is 9.84 Å². The maximum absolute atomic E-state index is 11.4. The lowest BCUT2D eigenvalue weighted by atomic mass is 10.1. The molecule has 1 aromatic carbocycles. The topological polar surface area (TPSA) is 70.6 Å². The zero-order valence-electron chi connectivity index (χ0n) is 13.7. The molecule has 0 atom stereocenters. The van der Waals surface area contributed by atoms with Crippen LogP contribution in [0, 0.1) is 0 Å². The van der Waals surface area contributed by atoms with E-state index in [9.17, 15) is 8.42 Å². The Balaban J connectivity index is 2.36. The van der Waals surface area contributed by atoms with Crippen molar-refractivity contribution >= 4 is 15.8 Å². The van der Waals surface area contributed by atoms with Crippen molar-refractivity contribution in [3.8, 4) is 0 Å². The average Bonchev–Trinajstić information content (AvgIpc) is 2.49. The fraction of sp³-hybridized carbons (Fsp3) is 0.562. The van der Waals surface area contributed by atoms with Gasteiger partial charge in [0, 0.05) is 26.4 Å². The normalized spacial score (nSPS) is 12.2. The number of guanidine groups is 1. The number of nitrogens with one attached hydrogen (secondary N) is 2. The van der Waals surface area contributed by atoms with Crippen LogP contribution >= 0.6 is 0 Å². The minimum Gasteiger partial charge on any atom is -0.356 e. The van der Waals surface area contributed by atoms with Gasteiger partial charge >= 0.3 is 0 Å². The first-order valence-electron chi connectivity index (χ1n) is 7.71. The molecule has 5 nitrogen and oxygen atoms in total. The summed E-state index contributed by atoms with van der Waals surface area (Å²) < 4.78 is 22.8. The number of hydrogen-bond acceptors (Lipinski definition) is 3. The van der Waals surface area contributed by atoms with E-state index in [2.05, 4.69) is 22.5 Å². The van der Waals surface area contributed by atoms with Gasteiger partial charge in [0.1, 0.15) is 0 Å². The van der Waals surface area contributed by atoms with Crippen LogP contribution in [0.3, 0.4) is 0 Å². The molecular weight excluding hydrogens is 298 g/mol. The van der Waals surface area contributed by atoms with Crippen LogP contribution in [-0.2, 0) is 16.3 Å². The van der Waals surface area contributed by atoms with Crippen LogP contribution in [0.2, 0.25) is 0 Å². The SMILES string of the molecule is CCCCCNC(=NC)NCCc1ccc(S(C)(=O)=O)cc1. The van der Waals surface area contributed by atoms with Crippen molar-refractivity contribution in [2.75, 3.05) is 26.4 Å². The maximum atomic E-state index is 11.4. The average molecular weight is 325 g/mol. The van der Waals surface area contributed by atoms with Crippen LogP contribution in [0.25, 0.3) is 0 Å². The highest BCUT2D eigenvalue weighted by molar-refractivity contribution is 7.90. The van der Waals surface area contributed by atoms with E-state index in [1.54, 1.807) is 19.2 Å². The van der Waals surface area contributed by atoms with Gasteiger partial charge in [0.25, 0.3) is 0 Å². The summed E-state index contributed by atoms with van der Waals surface area (Å²) in [5, 5.41) is 6.54. The molecule has 0 aliphatic rings. The maximum Gasteiger partial charge on any atom is 0.190 e. The lowest BCUT2D eigenvalue weighted by Gasteiger charge is -2.11. The molecule has 0 aliphatic carbocycles. The zero-order chi connectivity index (χ0) is 16.4. The van der Waals surface area contributed by atoms with E-state index >= 15 is 0 Å². The molecule has 124 valence electrons. The van der Waals surface area contributed by atoms with Gasteiger partial charge in [-0.1, -0.05) is 31.9 Å². The number of sulfone groups is 1. The number of aliphatic imine (C=N–C) groups is 1. The van der Waals surface area contributed by atoms with Gasteiger partial charge in [0.15, 0.2) is 15.8 Å². The van der Waals surface area contributed by atoms with Gasteiger partial charge < -0.3 is 10.6 Å². The molecule has 6 heteroatoms. The molecule has 0 unspecified atom stereocenters. The molecule has 0 aliphatic heterocycles. The number of unbranched alkanes of at least 4 members (excludes halogenated alkanes) is 2. The van der Waals surface area contributed by atoms with Crippen molar-refractivity contribution in [1.29, 1.82) is 0 Å². The molecule has 0 amide bonds. The molecule has 0 saturated carbocycles. The Labute approximate surface area is 134 Å². The first-order chi connectivity index (χ1) is 10.5. The monoisotopic (exact) mass is 325 g/mol. The molecule has 0 aromatic heterocycles. The molecule has 0 heterocycles.